The van der Waals surface area contributed by atoms with Crippen molar-refractivity contribution in [3.8, 4) is 0 Å². The zero-order valence-electron chi connectivity index (χ0n) is 7.11. The number of rotatable bonds is 6. The molecule has 76 valence electrons. The van der Waals surface area contributed by atoms with Crippen molar-refractivity contribution in [3.63, 3.8) is 0 Å². The molecule has 0 unspecified atom stereocenters. The topological polar surface area (TPSA) is 58.2 Å². The summed E-state index contributed by atoms with van der Waals surface area (Å²) < 4.78 is 0. The van der Waals surface area contributed by atoms with E-state index in [-0.39, 0.29) is 0 Å². The van der Waals surface area contributed by atoms with Gasteiger partial charge in [-0.05, 0) is 42.5 Å². The highest BCUT2D eigenvalue weighted by atomic mass is 35.5. The van der Waals surface area contributed by atoms with Crippen LogP contribution in [0.15, 0.2) is 0 Å². The van der Waals surface area contributed by atoms with Crippen LogP contribution >= 0.6 is 23.2 Å². The van der Waals surface area contributed by atoms with Gasteiger partial charge in [0.25, 0.3) is 0 Å². The third kappa shape index (κ3) is 11.5. The average Bonchev–Trinajstić information content (AvgIpc) is 2.01. The quantitative estimate of drug-likeness (QED) is 0.414. The second kappa shape index (κ2) is 8.13. The zero-order valence-corrected chi connectivity index (χ0v) is 8.62. The number of halogens is 2. The first kappa shape index (κ1) is 12.5. The van der Waals surface area contributed by atoms with Gasteiger partial charge in [0.2, 0.25) is 0 Å². The molecule has 0 aliphatic rings. The van der Waals surface area contributed by atoms with Gasteiger partial charge in [0.15, 0.2) is 0 Å². The Balaban J connectivity index is 3.00. The largest absolute Gasteiger partial charge is 0.343 e. The predicted octanol–water partition coefficient (Wildman–Crippen LogP) is 2.05. The van der Waals surface area contributed by atoms with Crippen molar-refractivity contribution >= 4 is 33.9 Å². The van der Waals surface area contributed by atoms with Gasteiger partial charge in [-0.25, -0.2) is 0 Å². The number of carbonyl (C=O) groups excluding carboxylic acids is 2. The van der Waals surface area contributed by atoms with Gasteiger partial charge >= 0.3 is 10.7 Å². The summed E-state index contributed by atoms with van der Waals surface area (Å²) in [6.45, 7) is 1.13. The molecule has 2 N–H and O–H groups in total. The average molecular weight is 227 g/mol. The maximum Gasteiger partial charge on any atom is 0.313 e. The molecular formula is C7H12Cl2N2O2. The number of amides is 2. The smallest absolute Gasteiger partial charge is 0.313 e. The summed E-state index contributed by atoms with van der Waals surface area (Å²) in [7, 11) is 0. The molecule has 0 aromatic rings. The van der Waals surface area contributed by atoms with Crippen LogP contribution in [0.25, 0.3) is 0 Å². The molecule has 13 heavy (non-hydrogen) atoms. The summed E-state index contributed by atoms with van der Waals surface area (Å²) >= 11 is 10.1. The number of unbranched alkanes of at least 4 members (excludes halogenated alkanes) is 2. The van der Waals surface area contributed by atoms with Gasteiger partial charge in [-0.1, -0.05) is 0 Å². The Hall–Kier alpha value is -0.480. The second-order valence-corrected chi connectivity index (χ2v) is 3.15. The van der Waals surface area contributed by atoms with Crippen LogP contribution in [0.4, 0.5) is 9.59 Å². The van der Waals surface area contributed by atoms with Crippen molar-refractivity contribution in [3.05, 3.63) is 0 Å². The SMILES string of the molecule is O=C(Cl)NCCCCCNC(=O)Cl. The van der Waals surface area contributed by atoms with E-state index in [1.165, 1.54) is 0 Å². The zero-order chi connectivity index (χ0) is 10.1. The van der Waals surface area contributed by atoms with E-state index in [0.29, 0.717) is 13.1 Å². The molecule has 2 amide bonds. The molecule has 0 saturated carbocycles. The first-order valence-corrected chi connectivity index (χ1v) is 4.75. The van der Waals surface area contributed by atoms with E-state index < -0.39 is 10.7 Å². The summed E-state index contributed by atoms with van der Waals surface area (Å²) in [5.74, 6) is 0. The lowest BCUT2D eigenvalue weighted by Gasteiger charge is -2.01. The van der Waals surface area contributed by atoms with E-state index in [1.54, 1.807) is 0 Å². The first-order chi connectivity index (χ1) is 6.13. The van der Waals surface area contributed by atoms with Gasteiger partial charge in [0, 0.05) is 13.1 Å². The van der Waals surface area contributed by atoms with Crippen LogP contribution in [0.2, 0.25) is 0 Å². The van der Waals surface area contributed by atoms with Crippen LogP contribution in [-0.4, -0.2) is 23.8 Å². The maximum atomic E-state index is 10.2. The van der Waals surface area contributed by atoms with Crippen molar-refractivity contribution in [2.45, 2.75) is 19.3 Å². The molecule has 6 heteroatoms. The van der Waals surface area contributed by atoms with E-state index in [9.17, 15) is 9.59 Å². The van der Waals surface area contributed by atoms with Gasteiger partial charge in [0.05, 0.1) is 0 Å². The summed E-state index contributed by atoms with van der Waals surface area (Å²) in [6, 6.07) is 0. The highest BCUT2D eigenvalue weighted by Crippen LogP contribution is 1.93. The Kier molecular flexibility index (Phi) is 7.83. The van der Waals surface area contributed by atoms with Gasteiger partial charge < -0.3 is 10.6 Å². The van der Waals surface area contributed by atoms with Gasteiger partial charge in [-0.2, -0.15) is 0 Å². The molecule has 0 aromatic carbocycles. The highest BCUT2D eigenvalue weighted by molar-refractivity contribution is 6.63. The molecule has 0 aliphatic heterocycles. The monoisotopic (exact) mass is 226 g/mol. The molecule has 0 aliphatic carbocycles. The minimum absolute atomic E-state index is 0.533. The fraction of sp³-hybridized carbons (Fsp3) is 0.714. The van der Waals surface area contributed by atoms with Crippen LogP contribution in [0.3, 0.4) is 0 Å². The fourth-order valence-corrected chi connectivity index (χ4v) is 0.989. The van der Waals surface area contributed by atoms with Crippen molar-refractivity contribution in [2.75, 3.05) is 13.1 Å². The predicted molar refractivity (Wildman–Crippen MR) is 52.4 cm³/mol. The molecule has 0 bridgehead atoms. The van der Waals surface area contributed by atoms with E-state index >= 15 is 0 Å². The van der Waals surface area contributed by atoms with E-state index in [1.807, 2.05) is 0 Å². The molecule has 0 saturated heterocycles. The minimum Gasteiger partial charge on any atom is -0.343 e. The van der Waals surface area contributed by atoms with Crippen LogP contribution in [0, 0.1) is 0 Å². The standard InChI is InChI=1S/C7H12Cl2N2O2/c8-6(12)10-4-2-1-3-5-11-7(9)13/h1-5H2,(H,10,12)(H,11,13). The Bertz CT molecular complexity index is 158. The molecule has 0 fully saturated rings. The van der Waals surface area contributed by atoms with Crippen molar-refractivity contribution in [1.29, 1.82) is 0 Å². The molecule has 0 atom stereocenters. The fourth-order valence-electron chi connectivity index (χ4n) is 0.800. The molecule has 0 rings (SSSR count). The lowest BCUT2D eigenvalue weighted by Crippen LogP contribution is -2.19. The summed E-state index contributed by atoms with van der Waals surface area (Å²) in [5.41, 5.74) is 0. The van der Waals surface area contributed by atoms with E-state index in [2.05, 4.69) is 10.6 Å². The lowest BCUT2D eigenvalue weighted by atomic mass is 10.2. The highest BCUT2D eigenvalue weighted by Gasteiger charge is 1.94. The van der Waals surface area contributed by atoms with Crippen LogP contribution in [0.5, 0.6) is 0 Å². The first-order valence-electron chi connectivity index (χ1n) is 3.99. The van der Waals surface area contributed by atoms with Crippen molar-refractivity contribution in [1.82, 2.24) is 10.6 Å². The summed E-state index contributed by atoms with van der Waals surface area (Å²) in [6.07, 6.45) is 2.60. The van der Waals surface area contributed by atoms with Gasteiger partial charge in [0.1, 0.15) is 0 Å². The third-order valence-corrected chi connectivity index (χ3v) is 1.65. The molecule has 0 spiro atoms. The molecule has 4 nitrogen and oxygen atoms in total. The second-order valence-electron chi connectivity index (χ2n) is 2.46. The summed E-state index contributed by atoms with van der Waals surface area (Å²) in [4.78, 5) is 20.4. The Morgan fingerprint density at radius 1 is 0.846 bits per heavy atom. The van der Waals surface area contributed by atoms with Gasteiger partial charge in [-0.3, -0.25) is 9.59 Å². The summed E-state index contributed by atoms with van der Waals surface area (Å²) in [5, 5.41) is 3.85. The van der Waals surface area contributed by atoms with E-state index in [4.69, 9.17) is 23.2 Å². The minimum atomic E-state index is -0.533. The molecule has 0 heterocycles. The Morgan fingerprint density at radius 3 is 1.54 bits per heavy atom. The molecule has 0 aromatic heterocycles. The number of carbonyl (C=O) groups is 2. The van der Waals surface area contributed by atoms with Crippen LogP contribution < -0.4 is 10.6 Å². The lowest BCUT2D eigenvalue weighted by molar-refractivity contribution is 0.259. The Morgan fingerprint density at radius 2 is 1.23 bits per heavy atom. The number of nitrogens with one attached hydrogen (secondary N) is 2. The van der Waals surface area contributed by atoms with E-state index in [0.717, 1.165) is 19.3 Å². The normalized spacial score (nSPS) is 9.38. The molecule has 0 radical (unpaired) electrons. The van der Waals surface area contributed by atoms with Crippen LogP contribution in [-0.2, 0) is 0 Å². The van der Waals surface area contributed by atoms with Gasteiger partial charge in [-0.15, -0.1) is 0 Å². The van der Waals surface area contributed by atoms with Crippen LogP contribution in [0.1, 0.15) is 19.3 Å². The third-order valence-electron chi connectivity index (χ3n) is 1.38. The number of hydrogen-bond donors (Lipinski definition) is 2. The maximum absolute atomic E-state index is 10.2. The van der Waals surface area contributed by atoms with Crippen molar-refractivity contribution < 1.29 is 9.59 Å². The number of hydrogen-bond acceptors (Lipinski definition) is 2. The van der Waals surface area contributed by atoms with Crippen molar-refractivity contribution in [2.24, 2.45) is 0 Å². The molecular weight excluding hydrogens is 215 g/mol. The Labute approximate surface area is 87.0 Å².